The highest BCUT2D eigenvalue weighted by Gasteiger charge is 2.14. The van der Waals surface area contributed by atoms with Crippen molar-refractivity contribution in [3.8, 4) is 0 Å². The zero-order valence-corrected chi connectivity index (χ0v) is 15.3. The highest BCUT2D eigenvalue weighted by Crippen LogP contribution is 2.17. The summed E-state index contributed by atoms with van der Waals surface area (Å²) in [4.78, 5) is 24.4. The first-order valence-corrected chi connectivity index (χ1v) is 9.79. The summed E-state index contributed by atoms with van der Waals surface area (Å²) in [5.74, 6) is -0.0936. The minimum absolute atomic E-state index is 0.0365. The quantitative estimate of drug-likeness (QED) is 0.848. The zero-order valence-electron chi connectivity index (χ0n) is 15.3. The van der Waals surface area contributed by atoms with Crippen molar-refractivity contribution in [1.29, 1.82) is 0 Å². The molecule has 26 heavy (non-hydrogen) atoms. The smallest absolute Gasteiger partial charge is 0.251 e. The predicted molar refractivity (Wildman–Crippen MR) is 105 cm³/mol. The molecule has 1 fully saturated rings. The molecular formula is C22H28N2O2. The van der Waals surface area contributed by atoms with Crippen LogP contribution in [0, 0.1) is 0 Å². The molecule has 138 valence electrons. The zero-order chi connectivity index (χ0) is 18.2. The van der Waals surface area contributed by atoms with Crippen LogP contribution >= 0.6 is 0 Å². The minimum Gasteiger partial charge on any atom is -0.353 e. The number of benzene rings is 2. The predicted octanol–water partition coefficient (Wildman–Crippen LogP) is 4.19. The number of carbonyl (C=O) groups is 2. The lowest BCUT2D eigenvalue weighted by molar-refractivity contribution is -0.121. The van der Waals surface area contributed by atoms with Crippen molar-refractivity contribution in [3.05, 3.63) is 48.0 Å². The summed E-state index contributed by atoms with van der Waals surface area (Å²) >= 11 is 0. The number of carbonyl (C=O) groups excluding carboxylic acids is 2. The fourth-order valence-corrected chi connectivity index (χ4v) is 3.62. The molecule has 2 aromatic rings. The van der Waals surface area contributed by atoms with Gasteiger partial charge in [-0.2, -0.15) is 0 Å². The number of nitrogens with one attached hydrogen (secondary N) is 2. The van der Waals surface area contributed by atoms with Gasteiger partial charge < -0.3 is 10.6 Å². The molecule has 1 aliphatic rings. The van der Waals surface area contributed by atoms with E-state index in [9.17, 15) is 9.59 Å². The molecule has 0 spiro atoms. The van der Waals surface area contributed by atoms with Crippen LogP contribution in [0.4, 0.5) is 0 Å². The van der Waals surface area contributed by atoms with Gasteiger partial charge in [0.2, 0.25) is 5.91 Å². The largest absolute Gasteiger partial charge is 0.353 e. The summed E-state index contributed by atoms with van der Waals surface area (Å²) in [6.45, 7) is 0.365. The lowest BCUT2D eigenvalue weighted by Crippen LogP contribution is -2.37. The average Bonchev–Trinajstić information content (AvgIpc) is 2.63. The third kappa shape index (κ3) is 5.32. The number of rotatable bonds is 5. The van der Waals surface area contributed by atoms with Crippen LogP contribution in [0.5, 0.6) is 0 Å². The molecule has 0 bridgehead atoms. The standard InChI is InChI=1S/C22H28N2O2/c25-21(24-20-10-4-2-1-3-5-11-20)14-15-23-22(26)19-13-12-17-8-6-7-9-18(17)16-19/h6-9,12-13,16,20H,1-5,10-11,14-15H2,(H,23,26)(H,24,25). The van der Waals surface area contributed by atoms with Crippen LogP contribution in [0.25, 0.3) is 10.8 Å². The second-order valence-electron chi connectivity index (χ2n) is 7.18. The third-order valence-electron chi connectivity index (χ3n) is 5.12. The molecule has 0 radical (unpaired) electrons. The topological polar surface area (TPSA) is 58.2 Å². The van der Waals surface area contributed by atoms with E-state index in [0.29, 0.717) is 24.6 Å². The Hall–Kier alpha value is -2.36. The summed E-state index contributed by atoms with van der Waals surface area (Å²) < 4.78 is 0. The van der Waals surface area contributed by atoms with Crippen molar-refractivity contribution < 1.29 is 9.59 Å². The molecule has 0 aromatic heterocycles. The maximum atomic E-state index is 12.3. The van der Waals surface area contributed by atoms with Crippen LogP contribution in [0.3, 0.4) is 0 Å². The SMILES string of the molecule is O=C(CCNC(=O)c1ccc2ccccc2c1)NC1CCCCCCC1. The van der Waals surface area contributed by atoms with Gasteiger partial charge in [0.1, 0.15) is 0 Å². The Balaban J connectivity index is 1.44. The molecule has 2 amide bonds. The van der Waals surface area contributed by atoms with E-state index in [4.69, 9.17) is 0 Å². The molecule has 0 aliphatic heterocycles. The highest BCUT2D eigenvalue weighted by atomic mass is 16.2. The second kappa shape index (κ2) is 9.37. The highest BCUT2D eigenvalue weighted by molar-refractivity contribution is 5.98. The van der Waals surface area contributed by atoms with Crippen molar-refractivity contribution in [1.82, 2.24) is 10.6 Å². The van der Waals surface area contributed by atoms with Gasteiger partial charge in [-0.25, -0.2) is 0 Å². The number of amides is 2. The Morgan fingerprint density at radius 3 is 2.35 bits per heavy atom. The Bertz CT molecular complexity index is 749. The van der Waals surface area contributed by atoms with Gasteiger partial charge in [0, 0.05) is 24.6 Å². The third-order valence-corrected chi connectivity index (χ3v) is 5.12. The van der Waals surface area contributed by atoms with E-state index in [1.54, 1.807) is 0 Å². The Labute approximate surface area is 155 Å². The Morgan fingerprint density at radius 1 is 0.885 bits per heavy atom. The molecule has 1 saturated carbocycles. The van der Waals surface area contributed by atoms with Crippen molar-refractivity contribution in [2.75, 3.05) is 6.54 Å². The average molecular weight is 352 g/mol. The summed E-state index contributed by atoms with van der Waals surface area (Å²) in [5, 5.41) is 8.15. The maximum absolute atomic E-state index is 12.3. The number of hydrogen-bond donors (Lipinski definition) is 2. The molecule has 0 saturated heterocycles. The molecule has 0 heterocycles. The van der Waals surface area contributed by atoms with Crippen LogP contribution in [0.1, 0.15) is 61.7 Å². The van der Waals surface area contributed by atoms with Gasteiger partial charge in [-0.3, -0.25) is 9.59 Å². The van der Waals surface area contributed by atoms with E-state index in [1.807, 2.05) is 42.5 Å². The lowest BCUT2D eigenvalue weighted by Gasteiger charge is -2.21. The van der Waals surface area contributed by atoms with Gasteiger partial charge in [-0.1, -0.05) is 62.4 Å². The maximum Gasteiger partial charge on any atom is 0.251 e. The van der Waals surface area contributed by atoms with E-state index < -0.39 is 0 Å². The first-order chi connectivity index (χ1) is 12.7. The summed E-state index contributed by atoms with van der Waals surface area (Å²) in [6.07, 6.45) is 8.75. The molecule has 0 atom stereocenters. The Kier molecular flexibility index (Phi) is 6.64. The molecule has 0 unspecified atom stereocenters. The van der Waals surface area contributed by atoms with Gasteiger partial charge in [0.05, 0.1) is 0 Å². The molecule has 2 N–H and O–H groups in total. The van der Waals surface area contributed by atoms with Crippen LogP contribution in [-0.4, -0.2) is 24.4 Å². The van der Waals surface area contributed by atoms with Crippen LogP contribution in [0.2, 0.25) is 0 Å². The van der Waals surface area contributed by atoms with E-state index >= 15 is 0 Å². The van der Waals surface area contributed by atoms with Gasteiger partial charge >= 0.3 is 0 Å². The Morgan fingerprint density at radius 2 is 1.58 bits per heavy atom. The van der Waals surface area contributed by atoms with Crippen molar-refractivity contribution in [2.45, 2.75) is 57.4 Å². The molecule has 4 heteroatoms. The minimum atomic E-state index is -0.130. The van der Waals surface area contributed by atoms with Gasteiger partial charge in [0.25, 0.3) is 5.91 Å². The first kappa shape index (κ1) is 18.4. The van der Waals surface area contributed by atoms with Crippen LogP contribution < -0.4 is 10.6 Å². The molecule has 2 aromatic carbocycles. The number of fused-ring (bicyclic) bond motifs is 1. The van der Waals surface area contributed by atoms with Gasteiger partial charge in [0.15, 0.2) is 0 Å². The van der Waals surface area contributed by atoms with E-state index in [2.05, 4.69) is 10.6 Å². The first-order valence-electron chi connectivity index (χ1n) is 9.79. The van der Waals surface area contributed by atoms with Gasteiger partial charge in [-0.05, 0) is 35.7 Å². The molecule has 4 nitrogen and oxygen atoms in total. The van der Waals surface area contributed by atoms with Crippen molar-refractivity contribution in [3.63, 3.8) is 0 Å². The van der Waals surface area contributed by atoms with Crippen LogP contribution in [-0.2, 0) is 4.79 Å². The fraction of sp³-hybridized carbons (Fsp3) is 0.455. The summed E-state index contributed by atoms with van der Waals surface area (Å²) in [7, 11) is 0. The molecule has 1 aliphatic carbocycles. The fourth-order valence-electron chi connectivity index (χ4n) is 3.62. The van der Waals surface area contributed by atoms with Gasteiger partial charge in [-0.15, -0.1) is 0 Å². The number of hydrogen-bond acceptors (Lipinski definition) is 2. The van der Waals surface area contributed by atoms with Crippen molar-refractivity contribution >= 4 is 22.6 Å². The summed E-state index contributed by atoms with van der Waals surface area (Å²) in [6, 6.07) is 13.9. The van der Waals surface area contributed by atoms with E-state index in [-0.39, 0.29) is 11.8 Å². The molecular weight excluding hydrogens is 324 g/mol. The molecule has 3 rings (SSSR count). The summed E-state index contributed by atoms with van der Waals surface area (Å²) in [5.41, 5.74) is 0.629. The lowest BCUT2D eigenvalue weighted by atomic mass is 9.96. The monoisotopic (exact) mass is 352 g/mol. The van der Waals surface area contributed by atoms with Crippen molar-refractivity contribution in [2.24, 2.45) is 0 Å². The normalized spacial score (nSPS) is 15.8. The van der Waals surface area contributed by atoms with E-state index in [1.165, 1.54) is 32.1 Å². The van der Waals surface area contributed by atoms with E-state index in [0.717, 1.165) is 23.6 Å². The second-order valence-corrected chi connectivity index (χ2v) is 7.18. The van der Waals surface area contributed by atoms with Crippen LogP contribution in [0.15, 0.2) is 42.5 Å².